The summed E-state index contributed by atoms with van der Waals surface area (Å²) < 4.78 is 47.8. The number of carboxylic acid groups (broad SMARTS) is 1. The highest BCUT2D eigenvalue weighted by atomic mass is 79.9. The van der Waals surface area contributed by atoms with Crippen molar-refractivity contribution in [1.82, 2.24) is 15.3 Å². The van der Waals surface area contributed by atoms with Gasteiger partial charge in [-0.15, -0.1) is 0 Å². The van der Waals surface area contributed by atoms with Crippen molar-refractivity contribution < 1.29 is 27.8 Å². The number of piperidine rings is 1. The third-order valence-electron chi connectivity index (χ3n) is 6.29. The van der Waals surface area contributed by atoms with Crippen LogP contribution in [-0.2, 0) is 4.79 Å². The molecule has 0 radical (unpaired) electrons. The number of alkyl halides is 3. The van der Waals surface area contributed by atoms with Crippen LogP contribution >= 0.6 is 31.9 Å². The van der Waals surface area contributed by atoms with Gasteiger partial charge in [-0.25, -0.2) is 0 Å². The smallest absolute Gasteiger partial charge is 0.429 e. The second kappa shape index (κ2) is 9.50. The Morgan fingerprint density at radius 1 is 1.26 bits per heavy atom. The molecule has 2 saturated heterocycles. The van der Waals surface area contributed by atoms with Gasteiger partial charge >= 0.3 is 12.1 Å². The van der Waals surface area contributed by atoms with E-state index in [0.29, 0.717) is 36.3 Å². The third kappa shape index (κ3) is 5.41. The van der Waals surface area contributed by atoms with Gasteiger partial charge < -0.3 is 25.8 Å². The highest BCUT2D eigenvalue weighted by Gasteiger charge is 2.45. The molecule has 2 fully saturated rings. The standard InChI is InChI=1S/C21H22Br2F3N5O3/c22-11-1-2-13(23)12(7-11)17(21(24,25)26)34-16-8-15(29-19(27)30-16)31-5-3-20(4-6-31)9-14(18(32)33)28-10-20/h1-2,7-8,14,17,28H,3-6,9-10H2,(H,32,33)(H2,27,29,30)/t14-,17+/m0/s1. The largest absolute Gasteiger partial charge is 0.480 e. The van der Waals surface area contributed by atoms with Crippen molar-refractivity contribution >= 4 is 49.6 Å². The van der Waals surface area contributed by atoms with Crippen LogP contribution in [0.2, 0.25) is 0 Å². The Morgan fingerprint density at radius 2 is 1.97 bits per heavy atom. The quantitative estimate of drug-likeness (QED) is 0.461. The molecule has 1 spiro atoms. The minimum Gasteiger partial charge on any atom is -0.480 e. The van der Waals surface area contributed by atoms with E-state index < -0.39 is 24.3 Å². The normalized spacial score (nSPS) is 21.0. The summed E-state index contributed by atoms with van der Waals surface area (Å²) in [5, 5.41) is 12.3. The van der Waals surface area contributed by atoms with Crippen molar-refractivity contribution in [2.24, 2.45) is 5.41 Å². The van der Waals surface area contributed by atoms with E-state index in [1.165, 1.54) is 18.2 Å². The molecule has 0 saturated carbocycles. The van der Waals surface area contributed by atoms with Crippen LogP contribution in [-0.4, -0.2) is 52.9 Å². The van der Waals surface area contributed by atoms with Crippen LogP contribution in [0, 0.1) is 5.41 Å². The van der Waals surface area contributed by atoms with Crippen molar-refractivity contribution in [3.8, 4) is 5.88 Å². The first-order chi connectivity index (χ1) is 16.0. The van der Waals surface area contributed by atoms with Gasteiger partial charge in [0.25, 0.3) is 0 Å². The Bertz CT molecular complexity index is 1080. The molecule has 2 aliphatic heterocycles. The van der Waals surface area contributed by atoms with Gasteiger partial charge in [-0.3, -0.25) is 4.79 Å². The first kappa shape index (κ1) is 25.0. The number of aliphatic carboxylic acids is 1. The molecule has 1 aromatic heterocycles. The first-order valence-electron chi connectivity index (χ1n) is 10.5. The number of anilines is 2. The van der Waals surface area contributed by atoms with Gasteiger partial charge in [0.1, 0.15) is 11.9 Å². The fourth-order valence-corrected chi connectivity index (χ4v) is 5.31. The Balaban J connectivity index is 1.53. The molecule has 8 nitrogen and oxygen atoms in total. The second-order valence-electron chi connectivity index (χ2n) is 8.59. The van der Waals surface area contributed by atoms with E-state index >= 15 is 0 Å². The summed E-state index contributed by atoms with van der Waals surface area (Å²) in [5.41, 5.74) is 5.58. The minimum atomic E-state index is -4.71. The Morgan fingerprint density at radius 3 is 2.59 bits per heavy atom. The van der Waals surface area contributed by atoms with E-state index in [1.54, 1.807) is 6.07 Å². The van der Waals surface area contributed by atoms with E-state index in [0.717, 1.165) is 12.8 Å². The lowest BCUT2D eigenvalue weighted by Gasteiger charge is -2.39. The van der Waals surface area contributed by atoms with E-state index in [9.17, 15) is 23.1 Å². The maximum Gasteiger partial charge on any atom is 0.429 e. The molecule has 184 valence electrons. The number of ether oxygens (including phenoxy) is 1. The van der Waals surface area contributed by atoms with Crippen LogP contribution in [0.5, 0.6) is 5.88 Å². The Labute approximate surface area is 210 Å². The maximum absolute atomic E-state index is 13.9. The molecule has 0 unspecified atom stereocenters. The molecule has 34 heavy (non-hydrogen) atoms. The number of carbonyl (C=O) groups is 1. The lowest BCUT2D eigenvalue weighted by molar-refractivity contribution is -0.198. The molecule has 0 amide bonds. The molecule has 3 heterocycles. The summed E-state index contributed by atoms with van der Waals surface area (Å²) in [7, 11) is 0. The number of carboxylic acids is 1. The summed E-state index contributed by atoms with van der Waals surface area (Å²) in [6.45, 7) is 1.74. The molecule has 0 bridgehead atoms. The number of nitrogens with one attached hydrogen (secondary N) is 1. The molecule has 0 aliphatic carbocycles. The summed E-state index contributed by atoms with van der Waals surface area (Å²) in [6.07, 6.45) is -4.99. The van der Waals surface area contributed by atoms with Crippen molar-refractivity contribution in [1.29, 1.82) is 0 Å². The zero-order valence-electron chi connectivity index (χ0n) is 17.8. The van der Waals surface area contributed by atoms with Crippen LogP contribution in [0.25, 0.3) is 0 Å². The molecule has 2 aliphatic rings. The van der Waals surface area contributed by atoms with E-state index in [-0.39, 0.29) is 27.3 Å². The lowest BCUT2D eigenvalue weighted by Crippen LogP contribution is -2.41. The van der Waals surface area contributed by atoms with Gasteiger partial charge in [0.2, 0.25) is 17.9 Å². The van der Waals surface area contributed by atoms with Crippen molar-refractivity contribution in [3.63, 3.8) is 0 Å². The highest BCUT2D eigenvalue weighted by Crippen LogP contribution is 2.42. The van der Waals surface area contributed by atoms with E-state index in [1.807, 2.05) is 4.90 Å². The Hall–Kier alpha value is -2.12. The molecule has 2 atom stereocenters. The number of nitrogens with zero attached hydrogens (tertiary/aromatic N) is 3. The van der Waals surface area contributed by atoms with Crippen molar-refractivity contribution in [2.75, 3.05) is 30.3 Å². The molecular weight excluding hydrogens is 587 g/mol. The van der Waals surface area contributed by atoms with Crippen LogP contribution < -0.4 is 20.7 Å². The second-order valence-corrected chi connectivity index (χ2v) is 10.4. The number of nitrogen functional groups attached to an aromatic ring is 1. The minimum absolute atomic E-state index is 0.109. The number of aromatic nitrogens is 2. The van der Waals surface area contributed by atoms with Crippen LogP contribution in [0.4, 0.5) is 24.9 Å². The fourth-order valence-electron chi connectivity index (χ4n) is 4.48. The summed E-state index contributed by atoms with van der Waals surface area (Å²) in [6, 6.07) is 5.24. The van der Waals surface area contributed by atoms with Gasteiger partial charge in [0.15, 0.2) is 0 Å². The average molecular weight is 609 g/mol. The summed E-state index contributed by atoms with van der Waals surface area (Å²) >= 11 is 6.36. The molecule has 2 aromatic rings. The van der Waals surface area contributed by atoms with Crippen molar-refractivity contribution in [3.05, 3.63) is 38.8 Å². The number of hydrogen-bond donors (Lipinski definition) is 3. The maximum atomic E-state index is 13.9. The van der Waals surface area contributed by atoms with Gasteiger partial charge in [-0.1, -0.05) is 31.9 Å². The number of rotatable bonds is 5. The molecule has 13 heteroatoms. The van der Waals surface area contributed by atoms with Gasteiger partial charge in [-0.2, -0.15) is 23.1 Å². The molecular formula is C21H22Br2F3N5O3. The van der Waals surface area contributed by atoms with Gasteiger partial charge in [0, 0.05) is 40.2 Å². The zero-order chi connectivity index (χ0) is 24.7. The predicted octanol–water partition coefficient (Wildman–Crippen LogP) is 4.30. The molecule has 4 rings (SSSR count). The molecule has 1 aromatic carbocycles. The predicted molar refractivity (Wildman–Crippen MR) is 126 cm³/mol. The number of benzene rings is 1. The van der Waals surface area contributed by atoms with Crippen LogP contribution in [0.3, 0.4) is 0 Å². The fraction of sp³-hybridized carbons (Fsp3) is 0.476. The van der Waals surface area contributed by atoms with Gasteiger partial charge in [0.05, 0.1) is 0 Å². The SMILES string of the molecule is Nc1nc(O[C@H](c2cc(Br)ccc2Br)C(F)(F)F)cc(N2CCC3(CC2)CN[C@H](C(=O)O)C3)n1. The monoisotopic (exact) mass is 607 g/mol. The summed E-state index contributed by atoms with van der Waals surface area (Å²) in [5.74, 6) is -0.978. The number of nitrogens with two attached hydrogens (primary N) is 1. The van der Waals surface area contributed by atoms with Crippen molar-refractivity contribution in [2.45, 2.75) is 37.6 Å². The first-order valence-corrected chi connectivity index (χ1v) is 12.1. The Kier molecular flexibility index (Phi) is 6.98. The lowest BCUT2D eigenvalue weighted by atomic mass is 9.76. The molecule has 4 N–H and O–H groups in total. The number of hydrogen-bond acceptors (Lipinski definition) is 7. The number of halogens is 5. The topological polar surface area (TPSA) is 114 Å². The zero-order valence-corrected chi connectivity index (χ0v) is 21.0. The van der Waals surface area contributed by atoms with Crippen LogP contribution in [0.1, 0.15) is 30.9 Å². The van der Waals surface area contributed by atoms with E-state index in [4.69, 9.17) is 10.5 Å². The van der Waals surface area contributed by atoms with E-state index in [2.05, 4.69) is 47.1 Å². The average Bonchev–Trinajstić information content (AvgIpc) is 3.17. The van der Waals surface area contributed by atoms with Crippen LogP contribution in [0.15, 0.2) is 33.2 Å². The summed E-state index contributed by atoms with van der Waals surface area (Å²) in [4.78, 5) is 21.3. The van der Waals surface area contributed by atoms with Gasteiger partial charge in [-0.05, 0) is 42.9 Å². The highest BCUT2D eigenvalue weighted by molar-refractivity contribution is 9.11. The third-order valence-corrected chi connectivity index (χ3v) is 7.51.